The molecular formula is C46H33NO. The van der Waals surface area contributed by atoms with Crippen molar-refractivity contribution in [3.05, 3.63) is 197 Å². The topological polar surface area (TPSA) is 12.5 Å². The van der Waals surface area contributed by atoms with Gasteiger partial charge < -0.3 is 9.64 Å². The molecule has 7 aromatic rings. The molecule has 0 radical (unpaired) electrons. The summed E-state index contributed by atoms with van der Waals surface area (Å²) in [6.45, 7) is 4.69. The number of fused-ring (bicyclic) bond motifs is 12. The van der Waals surface area contributed by atoms with E-state index in [1.54, 1.807) is 0 Å². The molecule has 0 saturated heterocycles. The van der Waals surface area contributed by atoms with Crippen molar-refractivity contribution in [3.8, 4) is 33.8 Å². The first-order valence-electron chi connectivity index (χ1n) is 16.8. The van der Waals surface area contributed by atoms with E-state index in [1.807, 2.05) is 0 Å². The lowest BCUT2D eigenvalue weighted by Crippen LogP contribution is -2.32. The third-order valence-corrected chi connectivity index (χ3v) is 10.9. The van der Waals surface area contributed by atoms with E-state index in [-0.39, 0.29) is 5.41 Å². The summed E-state index contributed by atoms with van der Waals surface area (Å²) in [5, 5.41) is 0. The maximum absolute atomic E-state index is 6.59. The molecule has 1 aliphatic heterocycles. The van der Waals surface area contributed by atoms with E-state index < -0.39 is 5.41 Å². The average Bonchev–Trinajstić information content (AvgIpc) is 3.56. The molecule has 7 aromatic carbocycles. The van der Waals surface area contributed by atoms with Gasteiger partial charge in [0, 0.05) is 33.5 Å². The Morgan fingerprint density at radius 2 is 0.979 bits per heavy atom. The monoisotopic (exact) mass is 615 g/mol. The Hall–Kier alpha value is -5.86. The van der Waals surface area contributed by atoms with E-state index in [1.165, 1.54) is 55.6 Å². The Kier molecular flexibility index (Phi) is 5.58. The molecule has 0 aromatic heterocycles. The zero-order valence-electron chi connectivity index (χ0n) is 26.9. The molecule has 0 saturated carbocycles. The van der Waals surface area contributed by atoms with E-state index >= 15 is 0 Å². The Balaban J connectivity index is 1.28. The van der Waals surface area contributed by atoms with Crippen LogP contribution in [0.2, 0.25) is 0 Å². The molecule has 48 heavy (non-hydrogen) atoms. The number of ether oxygens (including phenoxy) is 1. The number of para-hydroxylation sites is 3. The Morgan fingerprint density at radius 3 is 1.71 bits per heavy atom. The third kappa shape index (κ3) is 3.47. The van der Waals surface area contributed by atoms with E-state index in [0.29, 0.717) is 0 Å². The van der Waals surface area contributed by atoms with Crippen LogP contribution in [-0.2, 0) is 10.8 Å². The first-order chi connectivity index (χ1) is 23.6. The molecule has 2 heteroatoms. The van der Waals surface area contributed by atoms with Crippen LogP contribution in [0.5, 0.6) is 11.5 Å². The van der Waals surface area contributed by atoms with Gasteiger partial charge in [0.25, 0.3) is 0 Å². The van der Waals surface area contributed by atoms with Crippen LogP contribution in [0, 0.1) is 0 Å². The minimum Gasteiger partial charge on any atom is -0.457 e. The number of anilines is 3. The van der Waals surface area contributed by atoms with Crippen molar-refractivity contribution in [2.24, 2.45) is 0 Å². The first-order valence-corrected chi connectivity index (χ1v) is 16.8. The summed E-state index contributed by atoms with van der Waals surface area (Å²) in [4.78, 5) is 2.46. The van der Waals surface area contributed by atoms with Crippen molar-refractivity contribution in [2.45, 2.75) is 24.7 Å². The van der Waals surface area contributed by atoms with Crippen molar-refractivity contribution in [3.63, 3.8) is 0 Å². The molecule has 0 amide bonds. The Bertz CT molecular complexity index is 2370. The van der Waals surface area contributed by atoms with Crippen LogP contribution in [0.25, 0.3) is 22.3 Å². The van der Waals surface area contributed by atoms with Crippen molar-refractivity contribution in [1.29, 1.82) is 0 Å². The largest absolute Gasteiger partial charge is 0.457 e. The normalized spacial score (nSPS) is 15.0. The molecule has 228 valence electrons. The summed E-state index contributed by atoms with van der Waals surface area (Å²) in [5.74, 6) is 1.81. The summed E-state index contributed by atoms with van der Waals surface area (Å²) in [6.07, 6.45) is 0. The number of benzene rings is 7. The molecule has 0 atom stereocenters. The summed E-state index contributed by atoms with van der Waals surface area (Å²) in [5.41, 5.74) is 15.7. The number of hydrogen-bond donors (Lipinski definition) is 0. The van der Waals surface area contributed by atoms with Crippen LogP contribution < -0.4 is 9.64 Å². The van der Waals surface area contributed by atoms with Gasteiger partial charge in [-0.2, -0.15) is 0 Å². The molecule has 0 bridgehead atoms. The van der Waals surface area contributed by atoms with Crippen LogP contribution in [-0.4, -0.2) is 0 Å². The second-order valence-corrected chi connectivity index (χ2v) is 13.7. The summed E-state index contributed by atoms with van der Waals surface area (Å²) in [6, 6.07) is 59.8. The highest BCUT2D eigenvalue weighted by atomic mass is 16.5. The quantitative estimate of drug-likeness (QED) is 0.196. The second kappa shape index (κ2) is 9.82. The molecule has 2 aliphatic carbocycles. The highest BCUT2D eigenvalue weighted by Crippen LogP contribution is 2.64. The van der Waals surface area contributed by atoms with Crippen LogP contribution in [0.3, 0.4) is 0 Å². The van der Waals surface area contributed by atoms with Crippen molar-refractivity contribution >= 4 is 17.1 Å². The second-order valence-electron chi connectivity index (χ2n) is 13.7. The van der Waals surface area contributed by atoms with Crippen LogP contribution >= 0.6 is 0 Å². The maximum atomic E-state index is 6.59. The van der Waals surface area contributed by atoms with Gasteiger partial charge in [0.1, 0.15) is 11.5 Å². The molecule has 0 fully saturated rings. The molecule has 3 aliphatic rings. The summed E-state index contributed by atoms with van der Waals surface area (Å²) in [7, 11) is 0. The van der Waals surface area contributed by atoms with Gasteiger partial charge in [0.2, 0.25) is 0 Å². The smallest absolute Gasteiger partial charge is 0.132 e. The lowest BCUT2D eigenvalue weighted by atomic mass is 9.66. The molecule has 1 spiro atoms. The molecule has 2 nitrogen and oxygen atoms in total. The van der Waals surface area contributed by atoms with Gasteiger partial charge in [-0.3, -0.25) is 0 Å². The summed E-state index contributed by atoms with van der Waals surface area (Å²) < 4.78 is 6.59. The lowest BCUT2D eigenvalue weighted by Gasteiger charge is -2.39. The lowest BCUT2D eigenvalue weighted by molar-refractivity contribution is 0.436. The summed E-state index contributed by atoms with van der Waals surface area (Å²) >= 11 is 0. The Labute approximate surface area is 281 Å². The number of hydrogen-bond acceptors (Lipinski definition) is 2. The van der Waals surface area contributed by atoms with E-state index in [2.05, 4.69) is 183 Å². The molecule has 0 unspecified atom stereocenters. The molecule has 10 rings (SSSR count). The van der Waals surface area contributed by atoms with Gasteiger partial charge in [-0.15, -0.1) is 0 Å². The number of nitrogens with zero attached hydrogens (tertiary/aromatic N) is 1. The minimum absolute atomic E-state index is 0.0504. The van der Waals surface area contributed by atoms with Gasteiger partial charge in [-0.25, -0.2) is 0 Å². The van der Waals surface area contributed by atoms with E-state index in [0.717, 1.165) is 28.6 Å². The van der Waals surface area contributed by atoms with E-state index in [4.69, 9.17) is 4.74 Å². The first kappa shape index (κ1) is 27.3. The average molecular weight is 616 g/mol. The van der Waals surface area contributed by atoms with Gasteiger partial charge in [0.05, 0.1) is 11.1 Å². The predicted octanol–water partition coefficient (Wildman–Crippen LogP) is 11.9. The van der Waals surface area contributed by atoms with Gasteiger partial charge >= 0.3 is 0 Å². The molecule has 1 heterocycles. The highest BCUT2D eigenvalue weighted by Gasteiger charge is 2.52. The van der Waals surface area contributed by atoms with Crippen molar-refractivity contribution < 1.29 is 4.74 Å². The van der Waals surface area contributed by atoms with Crippen LogP contribution in [0.1, 0.15) is 47.2 Å². The fourth-order valence-electron chi connectivity index (χ4n) is 8.92. The molecule has 0 N–H and O–H groups in total. The SMILES string of the molecule is CC1(C)c2ccccc2-c2cc(N(c3ccccc3)c3cccc4c3-c3ccccc3C43c4ccccc4Oc4ccccc43)ccc21. The van der Waals surface area contributed by atoms with Crippen LogP contribution in [0.15, 0.2) is 164 Å². The molecular weight excluding hydrogens is 583 g/mol. The van der Waals surface area contributed by atoms with Gasteiger partial charge in [-0.1, -0.05) is 135 Å². The minimum atomic E-state index is -0.517. The van der Waals surface area contributed by atoms with Gasteiger partial charge in [-0.05, 0) is 81.4 Å². The fourth-order valence-corrected chi connectivity index (χ4v) is 8.92. The number of rotatable bonds is 3. The standard InChI is InChI=1S/C46H33NO/c1-45(2)35-19-8-6-17-32(35)34-29-31(27-28-36(34)45)47(30-15-4-3-5-16-30)41-24-14-23-40-44(41)33-18-7-9-20-37(33)46(40)38-21-10-12-25-42(38)48-43-26-13-11-22-39(43)46/h3-29H,1-2H3. The van der Waals surface area contributed by atoms with Crippen molar-refractivity contribution in [1.82, 2.24) is 0 Å². The fraction of sp³-hybridized carbons (Fsp3) is 0.0870. The highest BCUT2D eigenvalue weighted by molar-refractivity contribution is 5.99. The Morgan fingerprint density at radius 1 is 0.417 bits per heavy atom. The van der Waals surface area contributed by atoms with Gasteiger partial charge in [0.15, 0.2) is 0 Å². The van der Waals surface area contributed by atoms with Crippen LogP contribution in [0.4, 0.5) is 17.1 Å². The maximum Gasteiger partial charge on any atom is 0.132 e. The zero-order valence-corrected chi connectivity index (χ0v) is 26.9. The zero-order chi connectivity index (χ0) is 32.0. The van der Waals surface area contributed by atoms with Crippen molar-refractivity contribution in [2.75, 3.05) is 4.90 Å². The third-order valence-electron chi connectivity index (χ3n) is 10.9. The van der Waals surface area contributed by atoms with E-state index in [9.17, 15) is 0 Å². The predicted molar refractivity (Wildman–Crippen MR) is 196 cm³/mol.